The number of likely N-dealkylation sites (N-methyl/N-ethyl adjacent to an activating group) is 2. The van der Waals surface area contributed by atoms with Crippen LogP contribution in [0.3, 0.4) is 0 Å². The lowest BCUT2D eigenvalue weighted by atomic mass is 10.1. The SMILES string of the molecule is C=C(/C=C\C(OCCN(C)C)=C(/C)I)CCn1cc(-c2ccc(-c3cn(CC/C(C)=C/C=C(/OCCN(C)C)C(=C)I)nn3)cc2)nn1. The van der Waals surface area contributed by atoms with Gasteiger partial charge >= 0.3 is 0 Å². The highest BCUT2D eigenvalue weighted by Crippen LogP contribution is 2.23. The zero-order valence-corrected chi connectivity index (χ0v) is 33.3. The Hall–Kier alpha value is -3.08. The van der Waals surface area contributed by atoms with Crippen LogP contribution in [0.15, 0.2) is 104 Å². The number of ether oxygens (including phenoxy) is 2. The molecule has 1 aromatic carbocycles. The largest absolute Gasteiger partial charge is 0.492 e. The maximum absolute atomic E-state index is 5.93. The fourth-order valence-electron chi connectivity index (χ4n) is 4.17. The van der Waals surface area contributed by atoms with Gasteiger partial charge in [-0.05, 0) is 112 Å². The third-order valence-electron chi connectivity index (χ3n) is 7.14. The van der Waals surface area contributed by atoms with Crippen LogP contribution in [0.5, 0.6) is 0 Å². The lowest BCUT2D eigenvalue weighted by molar-refractivity contribution is 0.192. The molecule has 0 aliphatic carbocycles. The van der Waals surface area contributed by atoms with E-state index in [1.54, 1.807) is 0 Å². The van der Waals surface area contributed by atoms with Gasteiger partial charge in [0.25, 0.3) is 0 Å². The monoisotopic (exact) mass is 878 g/mol. The molecular formula is C36H48I2N8O2. The minimum absolute atomic E-state index is 0.623. The Balaban J connectivity index is 1.51. The van der Waals surface area contributed by atoms with Crippen molar-refractivity contribution in [2.75, 3.05) is 54.5 Å². The summed E-state index contributed by atoms with van der Waals surface area (Å²) in [6, 6.07) is 8.17. The van der Waals surface area contributed by atoms with E-state index in [9.17, 15) is 0 Å². The summed E-state index contributed by atoms with van der Waals surface area (Å²) in [5.41, 5.74) is 5.85. The lowest BCUT2D eigenvalue weighted by Crippen LogP contribution is -2.17. The summed E-state index contributed by atoms with van der Waals surface area (Å²) in [6.07, 6.45) is 13.6. The van der Waals surface area contributed by atoms with Gasteiger partial charge in [0.15, 0.2) is 0 Å². The molecule has 0 fully saturated rings. The van der Waals surface area contributed by atoms with E-state index < -0.39 is 0 Å². The van der Waals surface area contributed by atoms with Crippen LogP contribution in [0.25, 0.3) is 22.5 Å². The number of aromatic nitrogens is 6. The summed E-state index contributed by atoms with van der Waals surface area (Å²) in [5.74, 6) is 1.68. The summed E-state index contributed by atoms with van der Waals surface area (Å²) in [6.45, 7) is 16.8. The van der Waals surface area contributed by atoms with Gasteiger partial charge in [-0.1, -0.05) is 71.1 Å². The van der Waals surface area contributed by atoms with Gasteiger partial charge in [-0.15, -0.1) is 10.2 Å². The molecule has 0 radical (unpaired) electrons. The van der Waals surface area contributed by atoms with Crippen LogP contribution in [-0.2, 0) is 22.6 Å². The Morgan fingerprint density at radius 2 is 1.29 bits per heavy atom. The van der Waals surface area contributed by atoms with E-state index in [0.717, 1.165) is 79.2 Å². The zero-order valence-electron chi connectivity index (χ0n) is 29.0. The first-order valence-electron chi connectivity index (χ1n) is 15.8. The fraction of sp³-hybridized carbons (Fsp3) is 0.389. The summed E-state index contributed by atoms with van der Waals surface area (Å²) >= 11 is 4.49. The molecule has 3 rings (SSSR count). The van der Waals surface area contributed by atoms with Gasteiger partial charge in [0.2, 0.25) is 0 Å². The molecule has 0 N–H and O–H groups in total. The molecule has 10 nitrogen and oxygen atoms in total. The molecule has 2 heterocycles. The van der Waals surface area contributed by atoms with Crippen LogP contribution in [0, 0.1) is 0 Å². The summed E-state index contributed by atoms with van der Waals surface area (Å²) in [5, 5.41) is 17.5. The van der Waals surface area contributed by atoms with Crippen molar-refractivity contribution in [1.29, 1.82) is 0 Å². The van der Waals surface area contributed by atoms with Crippen molar-refractivity contribution >= 4 is 45.2 Å². The quantitative estimate of drug-likeness (QED) is 0.0650. The average Bonchev–Trinajstić information content (AvgIpc) is 3.72. The normalized spacial score (nSPS) is 13.0. The summed E-state index contributed by atoms with van der Waals surface area (Å²) < 4.78 is 17.5. The van der Waals surface area contributed by atoms with Gasteiger partial charge in [-0.25, -0.2) is 0 Å². The van der Waals surface area contributed by atoms with Crippen LogP contribution in [-0.4, -0.2) is 94.3 Å². The van der Waals surface area contributed by atoms with E-state index in [0.29, 0.717) is 19.8 Å². The lowest BCUT2D eigenvalue weighted by Gasteiger charge is -2.12. The Bertz CT molecular complexity index is 1610. The smallest absolute Gasteiger partial charge is 0.132 e. The third-order valence-corrected chi connectivity index (χ3v) is 8.20. The maximum Gasteiger partial charge on any atom is 0.132 e. The number of hydrogen-bond donors (Lipinski definition) is 0. The van der Waals surface area contributed by atoms with Crippen LogP contribution in [0.4, 0.5) is 0 Å². The average molecular weight is 879 g/mol. The van der Waals surface area contributed by atoms with E-state index >= 15 is 0 Å². The summed E-state index contributed by atoms with van der Waals surface area (Å²) in [4.78, 5) is 4.19. The molecule has 0 unspecified atom stereocenters. The Morgan fingerprint density at radius 3 is 1.79 bits per heavy atom. The van der Waals surface area contributed by atoms with Crippen molar-refractivity contribution in [3.05, 3.63) is 104 Å². The van der Waals surface area contributed by atoms with Crippen molar-refractivity contribution in [3.63, 3.8) is 0 Å². The minimum atomic E-state index is 0.623. The van der Waals surface area contributed by atoms with Gasteiger partial charge in [-0.3, -0.25) is 9.36 Å². The minimum Gasteiger partial charge on any atom is -0.492 e. The standard InChI is InChI=1S/C36H48I2N8O2/c1-27(9-15-35(29(3)37)47-23-21-43(5)6)17-19-45-25-33(39-41-45)31-11-13-32(14-12-31)34-26-46(42-40-34)20-18-28(2)10-16-36(30(4)38)48-24-22-44(7)8/h9-16,25-26H,1,4,17-24H2,2-3,5-8H3/b15-9-,28-10+,35-29-,36-16+. The molecule has 258 valence electrons. The van der Waals surface area contributed by atoms with Crippen LogP contribution in [0.1, 0.15) is 26.7 Å². The number of hydrogen-bond acceptors (Lipinski definition) is 8. The van der Waals surface area contributed by atoms with E-state index in [-0.39, 0.29) is 0 Å². The number of allylic oxidation sites excluding steroid dienone is 8. The molecule has 0 atom stereocenters. The first-order chi connectivity index (χ1) is 22.9. The van der Waals surface area contributed by atoms with Crippen molar-refractivity contribution < 1.29 is 9.47 Å². The molecule has 12 heteroatoms. The number of benzene rings is 1. The molecule has 0 aliphatic heterocycles. The zero-order chi connectivity index (χ0) is 35.1. The number of halogens is 2. The fourth-order valence-corrected chi connectivity index (χ4v) is 4.85. The van der Waals surface area contributed by atoms with Crippen molar-refractivity contribution in [2.24, 2.45) is 0 Å². The second-order valence-electron chi connectivity index (χ2n) is 12.0. The predicted molar refractivity (Wildman–Crippen MR) is 213 cm³/mol. The second-order valence-corrected chi connectivity index (χ2v) is 14.9. The van der Waals surface area contributed by atoms with Crippen molar-refractivity contribution in [2.45, 2.75) is 39.8 Å². The second kappa shape index (κ2) is 20.4. The van der Waals surface area contributed by atoms with E-state index in [2.05, 4.69) is 102 Å². The van der Waals surface area contributed by atoms with Crippen LogP contribution >= 0.6 is 45.2 Å². The van der Waals surface area contributed by atoms with Crippen LogP contribution in [0.2, 0.25) is 0 Å². The molecule has 0 amide bonds. The highest BCUT2D eigenvalue weighted by molar-refractivity contribution is 14.1. The molecule has 2 aromatic heterocycles. The van der Waals surface area contributed by atoms with Crippen molar-refractivity contribution in [3.8, 4) is 22.5 Å². The molecule has 0 saturated heterocycles. The first kappa shape index (κ1) is 39.4. The molecule has 48 heavy (non-hydrogen) atoms. The topological polar surface area (TPSA) is 86.4 Å². The highest BCUT2D eigenvalue weighted by atomic mass is 127. The Morgan fingerprint density at radius 1 is 0.771 bits per heavy atom. The molecule has 0 spiro atoms. The molecule has 0 saturated carbocycles. The Labute approximate surface area is 313 Å². The third kappa shape index (κ3) is 14.2. The van der Waals surface area contributed by atoms with Crippen LogP contribution < -0.4 is 0 Å². The van der Waals surface area contributed by atoms with E-state index in [1.807, 2.05) is 99.4 Å². The maximum atomic E-state index is 5.93. The van der Waals surface area contributed by atoms with Crippen molar-refractivity contribution in [1.82, 2.24) is 39.8 Å². The van der Waals surface area contributed by atoms with Gasteiger partial charge in [0.05, 0.1) is 12.4 Å². The van der Waals surface area contributed by atoms with Gasteiger partial charge in [0.1, 0.15) is 36.1 Å². The molecule has 3 aromatic rings. The van der Waals surface area contributed by atoms with Gasteiger partial charge < -0.3 is 19.3 Å². The Kier molecular flexibility index (Phi) is 16.8. The number of aryl methyl sites for hydroxylation is 2. The number of rotatable bonds is 20. The number of nitrogens with zero attached hydrogens (tertiary/aromatic N) is 8. The highest BCUT2D eigenvalue weighted by Gasteiger charge is 2.09. The molecule has 0 bridgehead atoms. The van der Waals surface area contributed by atoms with E-state index in [1.165, 1.54) is 5.57 Å². The molecule has 0 aliphatic rings. The van der Waals surface area contributed by atoms with Gasteiger partial charge in [0, 0.05) is 44.5 Å². The van der Waals surface area contributed by atoms with E-state index in [4.69, 9.17) is 9.47 Å². The summed E-state index contributed by atoms with van der Waals surface area (Å²) in [7, 11) is 8.13. The molecular weight excluding hydrogens is 830 g/mol. The van der Waals surface area contributed by atoms with Gasteiger partial charge in [-0.2, -0.15) is 0 Å². The predicted octanol–water partition coefficient (Wildman–Crippen LogP) is 7.70. The first-order valence-corrected chi connectivity index (χ1v) is 18.0.